The molecule has 1 aliphatic rings. The number of nitrogens with one attached hydrogen (secondary N) is 1. The minimum atomic E-state index is -0.626. The van der Waals surface area contributed by atoms with Crippen LogP contribution in [0.15, 0.2) is 48.5 Å². The number of carbonyl (C=O) groups is 4. The minimum absolute atomic E-state index is 0.259. The van der Waals surface area contributed by atoms with E-state index in [9.17, 15) is 19.2 Å². The number of hydrogen-bond donors (Lipinski definition) is 2. The van der Waals surface area contributed by atoms with Gasteiger partial charge in [0.15, 0.2) is 0 Å². The van der Waals surface area contributed by atoms with E-state index < -0.39 is 5.91 Å². The maximum Gasteiger partial charge on any atom is 0.261 e. The van der Waals surface area contributed by atoms with Crippen LogP contribution >= 0.6 is 0 Å². The van der Waals surface area contributed by atoms with Gasteiger partial charge in [-0.1, -0.05) is 24.3 Å². The molecule has 1 heterocycles. The molecule has 7 heteroatoms. The van der Waals surface area contributed by atoms with E-state index in [1.807, 2.05) is 24.3 Å². The molecular formula is C26H17N3O4. The number of carbonyl (C=O) groups excluding carboxylic acids is 4. The third-order valence-corrected chi connectivity index (χ3v) is 6.71. The van der Waals surface area contributed by atoms with E-state index in [0.29, 0.717) is 27.5 Å². The van der Waals surface area contributed by atoms with Crippen molar-refractivity contribution in [1.29, 1.82) is 0 Å². The Bertz CT molecular complexity index is 1680. The zero-order valence-corrected chi connectivity index (χ0v) is 17.8. The van der Waals surface area contributed by atoms with Crippen molar-refractivity contribution in [2.45, 2.75) is 0 Å². The Morgan fingerprint density at radius 3 is 1.64 bits per heavy atom. The van der Waals surface area contributed by atoms with E-state index in [0.717, 1.165) is 37.2 Å². The predicted molar refractivity (Wildman–Crippen MR) is 126 cm³/mol. The van der Waals surface area contributed by atoms with Crippen LogP contribution in [0, 0.1) is 0 Å². The zero-order valence-electron chi connectivity index (χ0n) is 17.8. The van der Waals surface area contributed by atoms with Crippen LogP contribution in [0.2, 0.25) is 0 Å². The number of imide groups is 1. The molecule has 0 saturated carbocycles. The molecule has 160 valence electrons. The normalized spacial score (nSPS) is 13.6. The lowest BCUT2D eigenvalue weighted by Gasteiger charge is -2.26. The van der Waals surface area contributed by atoms with Crippen LogP contribution < -0.4 is 11.1 Å². The number of amides is 4. The molecule has 7 nitrogen and oxygen atoms in total. The van der Waals surface area contributed by atoms with E-state index >= 15 is 0 Å². The first-order valence-electron chi connectivity index (χ1n) is 10.4. The Balaban J connectivity index is 1.92. The first-order chi connectivity index (χ1) is 15.8. The summed E-state index contributed by atoms with van der Waals surface area (Å²) in [5.41, 5.74) is 7.24. The number of hydrogen-bond acceptors (Lipinski definition) is 4. The molecule has 3 N–H and O–H groups in total. The summed E-state index contributed by atoms with van der Waals surface area (Å²) in [6.45, 7) is 0. The minimum Gasteiger partial charge on any atom is -0.366 e. The number of primary amides is 1. The van der Waals surface area contributed by atoms with Crippen molar-refractivity contribution < 1.29 is 19.2 Å². The highest BCUT2D eigenvalue weighted by Crippen LogP contribution is 2.44. The molecule has 0 radical (unpaired) electrons. The Morgan fingerprint density at radius 1 is 0.697 bits per heavy atom. The molecule has 0 saturated heterocycles. The van der Waals surface area contributed by atoms with Gasteiger partial charge in [0.1, 0.15) is 0 Å². The molecule has 1 aliphatic heterocycles. The number of benzene rings is 5. The predicted octanol–water partition coefficient (Wildman–Crippen LogP) is 3.42. The van der Waals surface area contributed by atoms with Crippen molar-refractivity contribution in [3.05, 3.63) is 70.8 Å². The molecule has 4 amide bonds. The van der Waals surface area contributed by atoms with Crippen LogP contribution in [0.1, 0.15) is 41.4 Å². The summed E-state index contributed by atoms with van der Waals surface area (Å²) in [5.74, 6) is -1.63. The van der Waals surface area contributed by atoms with Gasteiger partial charge in [-0.3, -0.25) is 24.1 Å². The van der Waals surface area contributed by atoms with Gasteiger partial charge in [-0.15, -0.1) is 0 Å². The van der Waals surface area contributed by atoms with Gasteiger partial charge in [0.2, 0.25) is 5.91 Å². The second-order valence-corrected chi connectivity index (χ2v) is 8.26. The van der Waals surface area contributed by atoms with Crippen molar-refractivity contribution in [1.82, 2.24) is 10.2 Å². The molecule has 0 aromatic heterocycles. The lowest BCUT2D eigenvalue weighted by molar-refractivity contribution is 0.0650. The van der Waals surface area contributed by atoms with E-state index in [1.165, 1.54) is 14.1 Å². The highest BCUT2D eigenvalue weighted by molar-refractivity contribution is 6.40. The second-order valence-electron chi connectivity index (χ2n) is 8.26. The summed E-state index contributed by atoms with van der Waals surface area (Å²) < 4.78 is 0. The van der Waals surface area contributed by atoms with E-state index in [-0.39, 0.29) is 23.3 Å². The topological polar surface area (TPSA) is 110 Å². The quantitative estimate of drug-likeness (QED) is 0.251. The van der Waals surface area contributed by atoms with Crippen LogP contribution in [-0.2, 0) is 0 Å². The van der Waals surface area contributed by atoms with Crippen molar-refractivity contribution in [2.24, 2.45) is 5.73 Å². The smallest absolute Gasteiger partial charge is 0.261 e. The van der Waals surface area contributed by atoms with Crippen LogP contribution in [0.5, 0.6) is 0 Å². The fourth-order valence-electron chi connectivity index (χ4n) is 5.23. The van der Waals surface area contributed by atoms with Gasteiger partial charge in [-0.25, -0.2) is 0 Å². The summed E-state index contributed by atoms with van der Waals surface area (Å²) >= 11 is 0. The molecule has 0 bridgehead atoms. The molecule has 5 aromatic carbocycles. The average molecular weight is 435 g/mol. The summed E-state index contributed by atoms with van der Waals surface area (Å²) in [5, 5.41) is 8.59. The number of fused-ring (bicyclic) bond motifs is 2. The third kappa shape index (κ3) is 2.23. The van der Waals surface area contributed by atoms with E-state index in [1.54, 1.807) is 24.3 Å². The van der Waals surface area contributed by atoms with Gasteiger partial charge < -0.3 is 11.1 Å². The maximum absolute atomic E-state index is 12.9. The molecule has 0 atom stereocenters. The highest BCUT2D eigenvalue weighted by Gasteiger charge is 2.32. The highest BCUT2D eigenvalue weighted by atomic mass is 16.2. The molecule has 0 spiro atoms. The molecule has 5 aromatic rings. The molecule has 6 rings (SSSR count). The largest absolute Gasteiger partial charge is 0.366 e. The van der Waals surface area contributed by atoms with Crippen LogP contribution in [0.3, 0.4) is 0 Å². The maximum atomic E-state index is 12.9. The standard InChI is InChI=1S/C26H17N3O4/c1-28-24(31)16-8-4-12-14-6-10-18-22-17(25(32)29(2)26(18)33)9-5-13(20(14)22)11-3-7-15(23(27)30)21(16)19(11)12/h3-10H,1-2H3,(H2,27,30)(H,28,31). The zero-order chi connectivity index (χ0) is 23.2. The van der Waals surface area contributed by atoms with Gasteiger partial charge in [-0.2, -0.15) is 0 Å². The SMILES string of the molecule is CNC(=O)c1ccc2c3ccc4c5c(ccc(c6ccc(C(N)=O)c1c62)c53)C(=O)N(C)C4=O. The first kappa shape index (κ1) is 19.2. The fourth-order valence-corrected chi connectivity index (χ4v) is 5.23. The Morgan fingerprint density at radius 2 is 1.15 bits per heavy atom. The lowest BCUT2D eigenvalue weighted by Crippen LogP contribution is -2.36. The number of nitrogens with zero attached hydrogens (tertiary/aromatic N) is 1. The summed E-state index contributed by atoms with van der Waals surface area (Å²) in [6, 6.07) is 14.1. The summed E-state index contributed by atoms with van der Waals surface area (Å²) in [6.07, 6.45) is 0. The van der Waals surface area contributed by atoms with E-state index in [2.05, 4.69) is 5.32 Å². The van der Waals surface area contributed by atoms with Crippen molar-refractivity contribution >= 4 is 66.7 Å². The summed E-state index contributed by atoms with van der Waals surface area (Å²) in [4.78, 5) is 51.8. The molecule has 0 unspecified atom stereocenters. The monoisotopic (exact) mass is 435 g/mol. The lowest BCUT2D eigenvalue weighted by atomic mass is 9.83. The molecular weight excluding hydrogens is 418 g/mol. The Labute approximate surface area is 187 Å². The van der Waals surface area contributed by atoms with E-state index in [4.69, 9.17) is 5.73 Å². The second kappa shape index (κ2) is 6.26. The molecule has 33 heavy (non-hydrogen) atoms. The Kier molecular flexibility index (Phi) is 3.64. The molecule has 0 aliphatic carbocycles. The third-order valence-electron chi connectivity index (χ3n) is 6.71. The average Bonchev–Trinajstić information content (AvgIpc) is 2.83. The van der Waals surface area contributed by atoms with Gasteiger partial charge in [0.05, 0.1) is 0 Å². The first-order valence-corrected chi connectivity index (χ1v) is 10.4. The van der Waals surface area contributed by atoms with Gasteiger partial charge in [0.25, 0.3) is 17.7 Å². The van der Waals surface area contributed by atoms with Crippen LogP contribution in [0.25, 0.3) is 43.1 Å². The Hall–Kier alpha value is -4.52. The fraction of sp³-hybridized carbons (Fsp3) is 0.0769. The molecule has 0 fully saturated rings. The number of rotatable bonds is 2. The van der Waals surface area contributed by atoms with Gasteiger partial charge >= 0.3 is 0 Å². The van der Waals surface area contributed by atoms with Gasteiger partial charge in [0, 0.05) is 47.1 Å². The number of nitrogens with two attached hydrogens (primary N) is 1. The van der Waals surface area contributed by atoms with Crippen molar-refractivity contribution in [2.75, 3.05) is 14.1 Å². The van der Waals surface area contributed by atoms with Gasteiger partial charge in [-0.05, 0) is 56.6 Å². The van der Waals surface area contributed by atoms with Crippen molar-refractivity contribution in [3.63, 3.8) is 0 Å². The van der Waals surface area contributed by atoms with Crippen LogP contribution in [0.4, 0.5) is 0 Å². The summed E-state index contributed by atoms with van der Waals surface area (Å²) in [7, 11) is 3.01. The van der Waals surface area contributed by atoms with Crippen molar-refractivity contribution in [3.8, 4) is 0 Å². The van der Waals surface area contributed by atoms with Crippen LogP contribution in [-0.4, -0.2) is 42.6 Å².